The Morgan fingerprint density at radius 3 is 2.90 bits per heavy atom. The van der Waals surface area contributed by atoms with Gasteiger partial charge in [-0.2, -0.15) is 0 Å². The van der Waals surface area contributed by atoms with Gasteiger partial charge in [0.15, 0.2) is 0 Å². The number of hydrogen-bond donors (Lipinski definition) is 1. The fourth-order valence-electron chi connectivity index (χ4n) is 1.85. The second-order valence-electron chi connectivity index (χ2n) is 4.70. The monoisotopic (exact) mass is 310 g/mol. The first-order chi connectivity index (χ1) is 9.69. The van der Waals surface area contributed by atoms with Crippen LogP contribution in [0.3, 0.4) is 0 Å². The summed E-state index contributed by atoms with van der Waals surface area (Å²) in [5, 5.41) is 6.05. The van der Waals surface area contributed by atoms with Crippen LogP contribution in [0, 0.1) is 0 Å². The average Bonchev–Trinajstić information content (AvgIpc) is 2.92. The lowest BCUT2D eigenvalue weighted by Gasteiger charge is -2.16. The maximum Gasteiger partial charge on any atom is 0.126 e. The summed E-state index contributed by atoms with van der Waals surface area (Å²) in [7, 11) is 2.05. The molecule has 2 rings (SSSR count). The third-order valence-corrected chi connectivity index (χ3v) is 3.79. The van der Waals surface area contributed by atoms with E-state index in [9.17, 15) is 0 Å². The molecule has 108 valence electrons. The van der Waals surface area contributed by atoms with Crippen molar-refractivity contribution in [3.05, 3.63) is 39.4 Å². The van der Waals surface area contributed by atoms with Crippen LogP contribution in [0.4, 0.5) is 5.82 Å². The van der Waals surface area contributed by atoms with E-state index in [2.05, 4.69) is 32.5 Å². The van der Waals surface area contributed by atoms with Crippen molar-refractivity contribution in [3.8, 4) is 0 Å². The molecule has 0 saturated heterocycles. The number of pyridine rings is 1. The number of aromatic nitrogens is 2. The van der Waals surface area contributed by atoms with Gasteiger partial charge in [-0.1, -0.05) is 18.5 Å². The predicted molar refractivity (Wildman–Crippen MR) is 85.3 cm³/mol. The van der Waals surface area contributed by atoms with Gasteiger partial charge in [0.2, 0.25) is 0 Å². The van der Waals surface area contributed by atoms with Crippen LogP contribution in [0.5, 0.6) is 0 Å². The molecule has 2 heterocycles. The summed E-state index contributed by atoms with van der Waals surface area (Å²) in [6, 6.07) is 3.82. The maximum absolute atomic E-state index is 6.23. The van der Waals surface area contributed by atoms with Gasteiger partial charge in [-0.15, -0.1) is 11.3 Å². The first kappa shape index (κ1) is 15.2. The Kier molecular flexibility index (Phi) is 5.76. The van der Waals surface area contributed by atoms with Crippen LogP contribution >= 0.6 is 22.9 Å². The summed E-state index contributed by atoms with van der Waals surface area (Å²) >= 11 is 7.84. The Labute approximate surface area is 128 Å². The highest BCUT2D eigenvalue weighted by Crippen LogP contribution is 2.19. The SMILES string of the molecule is CCCNc1ccc(Cl)c(CN(C)Cc2cscn2)n1. The summed E-state index contributed by atoms with van der Waals surface area (Å²) in [5.74, 6) is 0.883. The molecule has 20 heavy (non-hydrogen) atoms. The molecule has 0 radical (unpaired) electrons. The Bertz CT molecular complexity index is 530. The van der Waals surface area contributed by atoms with Crippen molar-refractivity contribution in [3.63, 3.8) is 0 Å². The summed E-state index contributed by atoms with van der Waals surface area (Å²) in [6.45, 7) is 4.56. The summed E-state index contributed by atoms with van der Waals surface area (Å²) < 4.78 is 0. The van der Waals surface area contributed by atoms with Gasteiger partial charge in [-0.05, 0) is 25.6 Å². The van der Waals surface area contributed by atoms with E-state index < -0.39 is 0 Å². The van der Waals surface area contributed by atoms with E-state index in [1.807, 2.05) is 24.7 Å². The number of nitrogens with zero attached hydrogens (tertiary/aromatic N) is 3. The fraction of sp³-hybridized carbons (Fsp3) is 0.429. The molecule has 0 aromatic carbocycles. The van der Waals surface area contributed by atoms with Gasteiger partial charge in [0.1, 0.15) is 5.82 Å². The lowest BCUT2D eigenvalue weighted by molar-refractivity contribution is 0.312. The van der Waals surface area contributed by atoms with E-state index >= 15 is 0 Å². The Balaban J connectivity index is 2.00. The zero-order valence-corrected chi connectivity index (χ0v) is 13.3. The molecule has 0 spiro atoms. The molecule has 0 fully saturated rings. The third kappa shape index (κ3) is 4.44. The van der Waals surface area contributed by atoms with Crippen LogP contribution in [0.15, 0.2) is 23.0 Å². The van der Waals surface area contributed by atoms with Crippen LogP contribution in [0.25, 0.3) is 0 Å². The van der Waals surface area contributed by atoms with Crippen LogP contribution in [0.1, 0.15) is 24.7 Å². The molecule has 0 amide bonds. The minimum absolute atomic E-state index is 0.706. The first-order valence-corrected chi connectivity index (χ1v) is 7.96. The van der Waals surface area contributed by atoms with E-state index in [1.165, 1.54) is 0 Å². The molecule has 0 aliphatic carbocycles. The number of anilines is 1. The number of halogens is 1. The number of rotatable bonds is 7. The largest absolute Gasteiger partial charge is 0.370 e. The quantitative estimate of drug-likeness (QED) is 0.847. The zero-order valence-electron chi connectivity index (χ0n) is 11.8. The highest BCUT2D eigenvalue weighted by Gasteiger charge is 2.09. The zero-order chi connectivity index (χ0) is 14.4. The summed E-state index contributed by atoms with van der Waals surface area (Å²) in [4.78, 5) is 11.0. The van der Waals surface area contributed by atoms with E-state index in [0.717, 1.165) is 36.7 Å². The normalized spacial score (nSPS) is 11.0. The molecule has 0 aliphatic rings. The van der Waals surface area contributed by atoms with Crippen molar-refractivity contribution in [2.45, 2.75) is 26.4 Å². The second kappa shape index (κ2) is 7.57. The van der Waals surface area contributed by atoms with Gasteiger partial charge in [0.25, 0.3) is 0 Å². The number of thiazole rings is 1. The predicted octanol–water partition coefficient (Wildman–Crippen LogP) is 3.65. The lowest BCUT2D eigenvalue weighted by Crippen LogP contribution is -2.19. The van der Waals surface area contributed by atoms with E-state index in [4.69, 9.17) is 11.6 Å². The molecule has 0 unspecified atom stereocenters. The Morgan fingerprint density at radius 2 is 2.20 bits per heavy atom. The Morgan fingerprint density at radius 1 is 1.35 bits per heavy atom. The molecule has 2 aromatic rings. The fourth-order valence-corrected chi connectivity index (χ4v) is 2.57. The minimum atomic E-state index is 0.706. The molecule has 0 bridgehead atoms. The van der Waals surface area contributed by atoms with Crippen molar-refractivity contribution in [2.24, 2.45) is 0 Å². The van der Waals surface area contributed by atoms with Crippen LogP contribution in [-0.2, 0) is 13.1 Å². The van der Waals surface area contributed by atoms with Gasteiger partial charge in [0, 0.05) is 25.0 Å². The van der Waals surface area contributed by atoms with E-state index in [1.54, 1.807) is 11.3 Å². The number of hydrogen-bond acceptors (Lipinski definition) is 5. The molecule has 2 aromatic heterocycles. The topological polar surface area (TPSA) is 41.0 Å². The molecule has 0 saturated carbocycles. The van der Waals surface area contributed by atoms with Crippen molar-refractivity contribution in [1.82, 2.24) is 14.9 Å². The summed E-state index contributed by atoms with van der Waals surface area (Å²) in [6.07, 6.45) is 1.07. The molecule has 0 aliphatic heterocycles. The van der Waals surface area contributed by atoms with Gasteiger partial charge in [0.05, 0.1) is 21.9 Å². The highest BCUT2D eigenvalue weighted by atomic mass is 35.5. The van der Waals surface area contributed by atoms with E-state index in [-0.39, 0.29) is 0 Å². The van der Waals surface area contributed by atoms with Gasteiger partial charge in [-0.25, -0.2) is 9.97 Å². The number of nitrogens with one attached hydrogen (secondary N) is 1. The molecule has 6 heteroatoms. The van der Waals surface area contributed by atoms with Crippen molar-refractivity contribution < 1.29 is 0 Å². The van der Waals surface area contributed by atoms with Gasteiger partial charge < -0.3 is 5.32 Å². The molecule has 1 N–H and O–H groups in total. The van der Waals surface area contributed by atoms with Gasteiger partial charge in [-0.3, -0.25) is 4.90 Å². The molecule has 0 atom stereocenters. The third-order valence-electron chi connectivity index (χ3n) is 2.81. The first-order valence-electron chi connectivity index (χ1n) is 6.64. The van der Waals surface area contributed by atoms with Crippen molar-refractivity contribution >= 4 is 28.8 Å². The highest BCUT2D eigenvalue weighted by molar-refractivity contribution is 7.07. The van der Waals surface area contributed by atoms with Crippen LogP contribution < -0.4 is 5.32 Å². The van der Waals surface area contributed by atoms with Crippen molar-refractivity contribution in [2.75, 3.05) is 18.9 Å². The van der Waals surface area contributed by atoms with Gasteiger partial charge >= 0.3 is 0 Å². The van der Waals surface area contributed by atoms with E-state index in [0.29, 0.717) is 11.6 Å². The van der Waals surface area contributed by atoms with Crippen LogP contribution in [0.2, 0.25) is 5.02 Å². The average molecular weight is 311 g/mol. The summed E-state index contributed by atoms with van der Waals surface area (Å²) in [5.41, 5.74) is 3.82. The maximum atomic E-state index is 6.23. The van der Waals surface area contributed by atoms with Crippen molar-refractivity contribution in [1.29, 1.82) is 0 Å². The second-order valence-corrected chi connectivity index (χ2v) is 5.83. The molecule has 4 nitrogen and oxygen atoms in total. The molecular formula is C14H19ClN4S. The lowest BCUT2D eigenvalue weighted by atomic mass is 10.3. The molecular weight excluding hydrogens is 292 g/mol. The Hall–Kier alpha value is -1.17. The minimum Gasteiger partial charge on any atom is -0.370 e. The smallest absolute Gasteiger partial charge is 0.126 e. The standard InChI is InChI=1S/C14H19ClN4S/c1-3-6-16-14-5-4-12(15)13(18-14)8-19(2)7-11-9-20-10-17-11/h4-5,9-10H,3,6-8H2,1-2H3,(H,16,18). The van der Waals surface area contributed by atoms with Crippen LogP contribution in [-0.4, -0.2) is 28.5 Å².